The van der Waals surface area contributed by atoms with E-state index in [4.69, 9.17) is 29.6 Å². The van der Waals surface area contributed by atoms with Crippen LogP contribution in [-0.4, -0.2) is 30.9 Å². The van der Waals surface area contributed by atoms with Gasteiger partial charge in [-0.05, 0) is 36.3 Å². The van der Waals surface area contributed by atoms with Gasteiger partial charge in [0.15, 0.2) is 5.82 Å². The summed E-state index contributed by atoms with van der Waals surface area (Å²) in [7, 11) is 0. The van der Waals surface area contributed by atoms with Crippen molar-refractivity contribution in [3.05, 3.63) is 82.0 Å². The van der Waals surface area contributed by atoms with Crippen molar-refractivity contribution in [3.8, 4) is 29.3 Å². The lowest BCUT2D eigenvalue weighted by molar-refractivity contribution is 0.102. The number of carbonyl (C=O) groups is 1. The maximum Gasteiger partial charge on any atom is 0.257 e. The second kappa shape index (κ2) is 8.70. The number of aromatic nitrogens is 5. The van der Waals surface area contributed by atoms with E-state index in [9.17, 15) is 13.6 Å². The number of hydrogen-bond acceptors (Lipinski definition) is 5. The predicted octanol–water partition coefficient (Wildman–Crippen LogP) is 4.54. The lowest BCUT2D eigenvalue weighted by atomic mass is 10.0. The fourth-order valence-corrected chi connectivity index (χ4v) is 3.35. The summed E-state index contributed by atoms with van der Waals surface area (Å²) >= 11 is 12.4. The van der Waals surface area contributed by atoms with Crippen molar-refractivity contribution in [1.82, 2.24) is 25.0 Å². The maximum atomic E-state index is 14.8. The van der Waals surface area contributed by atoms with E-state index >= 15 is 0 Å². The molecule has 7 nitrogen and oxygen atoms in total. The van der Waals surface area contributed by atoms with Crippen LogP contribution in [0.4, 0.5) is 14.5 Å². The minimum Gasteiger partial charge on any atom is -0.320 e. The lowest BCUT2D eigenvalue weighted by Crippen LogP contribution is -2.14. The molecule has 32 heavy (non-hydrogen) atoms. The Labute approximate surface area is 190 Å². The first-order chi connectivity index (χ1) is 15.4. The SMILES string of the molecule is C#Cc1nc(F)ccc1-c1cc(Cl)c(C(=O)Nc2cnc(-n3nccn3)c(Cl)c2)cc1F. The molecule has 11 heteroatoms. The molecule has 1 aromatic carbocycles. The summed E-state index contributed by atoms with van der Waals surface area (Å²) in [5.74, 6) is 0.178. The fourth-order valence-electron chi connectivity index (χ4n) is 2.86. The van der Waals surface area contributed by atoms with Crippen molar-refractivity contribution in [1.29, 1.82) is 0 Å². The summed E-state index contributed by atoms with van der Waals surface area (Å²) in [6, 6.07) is 5.94. The van der Waals surface area contributed by atoms with Crippen molar-refractivity contribution >= 4 is 34.8 Å². The monoisotopic (exact) mass is 470 g/mol. The highest BCUT2D eigenvalue weighted by atomic mass is 35.5. The van der Waals surface area contributed by atoms with Crippen molar-refractivity contribution in [3.63, 3.8) is 0 Å². The first kappa shape index (κ1) is 21.4. The molecule has 158 valence electrons. The van der Waals surface area contributed by atoms with Gasteiger partial charge in [-0.1, -0.05) is 23.2 Å². The minimum absolute atomic E-state index is 0.0206. The highest BCUT2D eigenvalue weighted by Crippen LogP contribution is 2.31. The van der Waals surface area contributed by atoms with Gasteiger partial charge in [-0.2, -0.15) is 14.6 Å². The van der Waals surface area contributed by atoms with E-state index in [2.05, 4.69) is 31.4 Å². The van der Waals surface area contributed by atoms with Crippen LogP contribution in [0.1, 0.15) is 16.1 Å². The summed E-state index contributed by atoms with van der Waals surface area (Å²) in [5.41, 5.74) is 0.157. The van der Waals surface area contributed by atoms with Crippen molar-refractivity contribution in [2.45, 2.75) is 0 Å². The molecule has 0 saturated carbocycles. The number of amides is 1. The first-order valence-electron chi connectivity index (χ1n) is 8.83. The van der Waals surface area contributed by atoms with Gasteiger partial charge in [-0.25, -0.2) is 14.4 Å². The molecule has 3 aromatic heterocycles. The molecule has 0 aliphatic carbocycles. The largest absolute Gasteiger partial charge is 0.320 e. The van der Waals surface area contributed by atoms with Crippen LogP contribution in [0.5, 0.6) is 0 Å². The molecule has 0 bridgehead atoms. The number of nitrogens with one attached hydrogen (secondary N) is 1. The van der Waals surface area contributed by atoms with Gasteiger partial charge in [-0.3, -0.25) is 4.79 Å². The molecule has 0 saturated heterocycles. The predicted molar refractivity (Wildman–Crippen MR) is 115 cm³/mol. The van der Waals surface area contributed by atoms with Crippen LogP contribution in [-0.2, 0) is 0 Å². The van der Waals surface area contributed by atoms with Gasteiger partial charge in [0, 0.05) is 11.1 Å². The number of pyridine rings is 2. The number of anilines is 1. The highest BCUT2D eigenvalue weighted by Gasteiger charge is 2.19. The standard InChI is InChI=1S/C21H10Cl2F2N6O/c1-2-18-12(3-4-19(25)30-18)13-8-15(22)14(9-17(13)24)21(32)29-11-7-16(23)20(26-10-11)31-27-5-6-28-31/h1,3-10H,(H,29,32). The van der Waals surface area contributed by atoms with E-state index in [-0.39, 0.29) is 43.9 Å². The molecular formula is C21H10Cl2F2N6O. The van der Waals surface area contributed by atoms with Crippen molar-refractivity contribution in [2.24, 2.45) is 0 Å². The second-order valence-corrected chi connectivity index (χ2v) is 7.10. The third kappa shape index (κ3) is 4.14. The number of benzene rings is 1. The minimum atomic E-state index is -0.800. The topological polar surface area (TPSA) is 85.6 Å². The number of halogens is 4. The molecule has 0 aliphatic rings. The third-order valence-electron chi connectivity index (χ3n) is 4.28. The number of terminal acetylenes is 1. The van der Waals surface area contributed by atoms with Crippen LogP contribution in [0.2, 0.25) is 10.0 Å². The average molecular weight is 471 g/mol. The summed E-state index contributed by atoms with van der Waals surface area (Å²) in [6.45, 7) is 0. The highest BCUT2D eigenvalue weighted by molar-refractivity contribution is 6.35. The molecule has 4 aromatic rings. The molecule has 1 amide bonds. The first-order valence-corrected chi connectivity index (χ1v) is 9.59. The third-order valence-corrected chi connectivity index (χ3v) is 4.87. The van der Waals surface area contributed by atoms with Crippen LogP contribution in [0.15, 0.2) is 48.9 Å². The molecule has 4 rings (SSSR count). The smallest absolute Gasteiger partial charge is 0.257 e. The number of carbonyl (C=O) groups excluding carboxylic acids is 1. The van der Waals surface area contributed by atoms with Crippen LogP contribution < -0.4 is 5.32 Å². The number of rotatable bonds is 4. The summed E-state index contributed by atoms with van der Waals surface area (Å²) < 4.78 is 28.2. The van der Waals surface area contributed by atoms with Gasteiger partial charge in [0.2, 0.25) is 5.95 Å². The number of hydrogen-bond donors (Lipinski definition) is 1. The molecule has 1 N–H and O–H groups in total. The Kier molecular flexibility index (Phi) is 5.81. The van der Waals surface area contributed by atoms with Gasteiger partial charge >= 0.3 is 0 Å². The number of nitrogens with zero attached hydrogens (tertiary/aromatic N) is 5. The molecule has 0 radical (unpaired) electrons. The second-order valence-electron chi connectivity index (χ2n) is 6.29. The normalized spacial score (nSPS) is 10.6. The van der Waals surface area contributed by atoms with Gasteiger partial charge < -0.3 is 5.32 Å². The zero-order valence-corrected chi connectivity index (χ0v) is 17.4. The summed E-state index contributed by atoms with van der Waals surface area (Å²) in [4.78, 5) is 21.6. The summed E-state index contributed by atoms with van der Waals surface area (Å²) in [5, 5.41) is 10.5. The van der Waals surface area contributed by atoms with Gasteiger partial charge in [0.1, 0.15) is 11.5 Å². The molecule has 0 aliphatic heterocycles. The van der Waals surface area contributed by atoms with Crippen LogP contribution in [0.3, 0.4) is 0 Å². The average Bonchev–Trinajstić information content (AvgIpc) is 3.29. The van der Waals surface area contributed by atoms with Gasteiger partial charge in [0.05, 0.1) is 39.9 Å². The molecule has 0 atom stereocenters. The Hall–Kier alpha value is -3.87. The Balaban J connectivity index is 1.62. The zero-order valence-electron chi connectivity index (χ0n) is 15.9. The Morgan fingerprint density at radius 3 is 2.50 bits per heavy atom. The van der Waals surface area contributed by atoms with Crippen molar-refractivity contribution < 1.29 is 13.6 Å². The van der Waals surface area contributed by atoms with E-state index in [0.29, 0.717) is 0 Å². The quantitative estimate of drug-likeness (QED) is 0.349. The van der Waals surface area contributed by atoms with Crippen LogP contribution in [0, 0.1) is 24.1 Å². The Bertz CT molecular complexity index is 1390. The zero-order chi connectivity index (χ0) is 22.8. The van der Waals surface area contributed by atoms with Crippen LogP contribution in [0.25, 0.3) is 16.9 Å². The maximum absolute atomic E-state index is 14.8. The fraction of sp³-hybridized carbons (Fsp3) is 0. The lowest BCUT2D eigenvalue weighted by Gasteiger charge is -2.11. The van der Waals surface area contributed by atoms with Crippen LogP contribution >= 0.6 is 23.2 Å². The van der Waals surface area contributed by atoms with E-state index in [0.717, 1.165) is 12.1 Å². The Morgan fingerprint density at radius 2 is 1.81 bits per heavy atom. The molecular weight excluding hydrogens is 461 g/mol. The van der Waals surface area contributed by atoms with Crippen molar-refractivity contribution in [2.75, 3.05) is 5.32 Å². The molecule has 3 heterocycles. The van der Waals surface area contributed by atoms with Gasteiger partial charge in [-0.15, -0.1) is 11.2 Å². The molecule has 0 fully saturated rings. The van der Waals surface area contributed by atoms with E-state index in [1.807, 2.05) is 0 Å². The van der Waals surface area contributed by atoms with Gasteiger partial charge in [0.25, 0.3) is 5.91 Å². The summed E-state index contributed by atoms with van der Waals surface area (Å²) in [6.07, 6.45) is 9.60. The van der Waals surface area contributed by atoms with E-state index < -0.39 is 17.7 Å². The van der Waals surface area contributed by atoms with E-state index in [1.54, 1.807) is 0 Å². The molecule has 0 spiro atoms. The Morgan fingerprint density at radius 1 is 1.06 bits per heavy atom. The molecule has 0 unspecified atom stereocenters. The van der Waals surface area contributed by atoms with E-state index in [1.165, 1.54) is 41.6 Å².